The van der Waals surface area contributed by atoms with Gasteiger partial charge in [-0.1, -0.05) is 30.9 Å². The minimum absolute atomic E-state index is 0.0794. The highest BCUT2D eigenvalue weighted by Crippen LogP contribution is 2.02. The number of hydrogen-bond donors (Lipinski definition) is 0. The van der Waals surface area contributed by atoms with Gasteiger partial charge in [0.05, 0.1) is 12.5 Å². The van der Waals surface area contributed by atoms with Crippen LogP contribution < -0.4 is 0 Å². The summed E-state index contributed by atoms with van der Waals surface area (Å²) in [5.74, 6) is -0.171. The van der Waals surface area contributed by atoms with E-state index in [2.05, 4.69) is 6.58 Å². The molecule has 0 saturated heterocycles. The zero-order valence-corrected chi connectivity index (χ0v) is 7.08. The van der Waals surface area contributed by atoms with E-state index in [-0.39, 0.29) is 12.2 Å². The molecule has 0 amide bonds. The monoisotopic (exact) mass is 161 g/mol. The molecule has 0 rings (SSSR count). The summed E-state index contributed by atoms with van der Waals surface area (Å²) in [5, 5.41) is 8.27. The van der Waals surface area contributed by atoms with E-state index in [0.717, 1.165) is 0 Å². The van der Waals surface area contributed by atoms with E-state index in [4.69, 9.17) is 5.26 Å². The summed E-state index contributed by atoms with van der Waals surface area (Å²) in [5.41, 5.74) is 0.522. The minimum atomic E-state index is -0.171. The Morgan fingerprint density at radius 2 is 2.33 bits per heavy atom. The summed E-state index contributed by atoms with van der Waals surface area (Å²) in [6.45, 7) is 5.30. The lowest BCUT2D eigenvalue weighted by molar-refractivity contribution is -0.114. The van der Waals surface area contributed by atoms with Gasteiger partial charge < -0.3 is 0 Å². The molecule has 0 aromatic heterocycles. The third-order valence-electron chi connectivity index (χ3n) is 1.21. The van der Waals surface area contributed by atoms with Gasteiger partial charge in [-0.05, 0) is 6.92 Å². The molecule has 0 N–H and O–H groups in total. The smallest absolute Gasteiger partial charge is 0.176 e. The normalized spacial score (nSPS) is 11.2. The van der Waals surface area contributed by atoms with E-state index in [1.807, 2.05) is 6.92 Å². The molecule has 0 aliphatic rings. The van der Waals surface area contributed by atoms with Gasteiger partial charge in [-0.3, -0.25) is 4.79 Å². The second-order valence-electron chi connectivity index (χ2n) is 2.12. The van der Waals surface area contributed by atoms with Crippen LogP contribution in [-0.4, -0.2) is 5.78 Å². The summed E-state index contributed by atoms with van der Waals surface area (Å²) in [7, 11) is 0. The zero-order valence-electron chi connectivity index (χ0n) is 7.08. The summed E-state index contributed by atoms with van der Waals surface area (Å²) < 4.78 is 0. The zero-order chi connectivity index (χ0) is 9.40. The van der Waals surface area contributed by atoms with Crippen molar-refractivity contribution in [3.05, 3.63) is 36.5 Å². The molecule has 0 radical (unpaired) electrons. The van der Waals surface area contributed by atoms with Crippen molar-refractivity contribution < 1.29 is 4.79 Å². The highest BCUT2D eigenvalue weighted by Gasteiger charge is 2.03. The SMILES string of the molecule is C=C/C=C(\C=C/C)C(=O)CC#N. The maximum atomic E-state index is 11.1. The average molecular weight is 161 g/mol. The topological polar surface area (TPSA) is 40.9 Å². The van der Waals surface area contributed by atoms with E-state index in [1.54, 1.807) is 24.3 Å². The number of nitrogens with zero attached hydrogens (tertiary/aromatic N) is 1. The molecule has 0 bridgehead atoms. The number of nitriles is 1. The Kier molecular flexibility index (Phi) is 5.29. The Labute approximate surface area is 72.5 Å². The molecule has 62 valence electrons. The molecular weight excluding hydrogens is 150 g/mol. The summed E-state index contributed by atoms with van der Waals surface area (Å²) in [6, 6.07) is 1.81. The third-order valence-corrected chi connectivity index (χ3v) is 1.21. The molecular formula is C10H11NO. The van der Waals surface area contributed by atoms with Crippen LogP contribution in [0.2, 0.25) is 0 Å². The molecule has 0 saturated carbocycles. The fraction of sp³-hybridized carbons (Fsp3) is 0.200. The highest BCUT2D eigenvalue weighted by molar-refractivity contribution is 5.99. The number of hydrogen-bond acceptors (Lipinski definition) is 2. The Bertz CT molecular complexity index is 266. The van der Waals surface area contributed by atoms with Gasteiger partial charge in [0, 0.05) is 5.57 Å². The second-order valence-corrected chi connectivity index (χ2v) is 2.12. The van der Waals surface area contributed by atoms with Crippen molar-refractivity contribution in [3.8, 4) is 6.07 Å². The van der Waals surface area contributed by atoms with Gasteiger partial charge in [-0.15, -0.1) is 0 Å². The van der Waals surface area contributed by atoms with Crippen LogP contribution in [0.3, 0.4) is 0 Å². The first kappa shape index (κ1) is 10.4. The van der Waals surface area contributed by atoms with Crippen molar-refractivity contribution in [2.24, 2.45) is 0 Å². The first-order valence-corrected chi connectivity index (χ1v) is 3.61. The van der Waals surface area contributed by atoms with Gasteiger partial charge >= 0.3 is 0 Å². The van der Waals surface area contributed by atoms with E-state index in [1.165, 1.54) is 6.08 Å². The molecule has 0 aromatic rings. The number of carbonyl (C=O) groups excluding carboxylic acids is 1. The average Bonchev–Trinajstić information content (AvgIpc) is 2.04. The van der Waals surface area contributed by atoms with E-state index >= 15 is 0 Å². The molecule has 0 heterocycles. The van der Waals surface area contributed by atoms with Crippen LogP contribution in [0.25, 0.3) is 0 Å². The van der Waals surface area contributed by atoms with Gasteiger partial charge in [0.2, 0.25) is 0 Å². The predicted molar refractivity (Wildman–Crippen MR) is 48.3 cm³/mol. The van der Waals surface area contributed by atoms with Crippen LogP contribution in [-0.2, 0) is 4.79 Å². The van der Waals surface area contributed by atoms with Gasteiger partial charge in [-0.2, -0.15) is 5.26 Å². The van der Waals surface area contributed by atoms with Gasteiger partial charge in [-0.25, -0.2) is 0 Å². The highest BCUT2D eigenvalue weighted by atomic mass is 16.1. The van der Waals surface area contributed by atoms with Crippen molar-refractivity contribution >= 4 is 5.78 Å². The third kappa shape index (κ3) is 3.52. The maximum Gasteiger partial charge on any atom is 0.176 e. The van der Waals surface area contributed by atoms with Crippen molar-refractivity contribution in [3.63, 3.8) is 0 Å². The largest absolute Gasteiger partial charge is 0.293 e. The lowest BCUT2D eigenvalue weighted by Gasteiger charge is -1.93. The van der Waals surface area contributed by atoms with E-state index in [9.17, 15) is 4.79 Å². The number of ketones is 1. The standard InChI is InChI=1S/C10H11NO/c1-3-5-9(6-4-2)10(12)7-8-11/h3-6H,1,7H2,2H3/b6-4-,9-5+. The Hall–Kier alpha value is -1.62. The quantitative estimate of drug-likeness (QED) is 0.468. The number of Topliss-reactive ketones (excluding diaryl/α,β-unsaturated/α-hetero) is 1. The number of carbonyl (C=O) groups is 1. The minimum Gasteiger partial charge on any atom is -0.293 e. The first-order valence-electron chi connectivity index (χ1n) is 3.61. The van der Waals surface area contributed by atoms with Crippen LogP contribution in [0.4, 0.5) is 0 Å². The van der Waals surface area contributed by atoms with Crippen molar-refractivity contribution in [2.45, 2.75) is 13.3 Å². The second kappa shape index (κ2) is 6.11. The molecule has 0 aliphatic carbocycles. The van der Waals surface area contributed by atoms with Crippen LogP contribution in [0.5, 0.6) is 0 Å². The lowest BCUT2D eigenvalue weighted by atomic mass is 10.1. The van der Waals surface area contributed by atoms with Gasteiger partial charge in [0.25, 0.3) is 0 Å². The van der Waals surface area contributed by atoms with Crippen molar-refractivity contribution in [1.82, 2.24) is 0 Å². The first-order chi connectivity index (χ1) is 5.76. The van der Waals surface area contributed by atoms with Crippen LogP contribution in [0, 0.1) is 11.3 Å². The summed E-state index contributed by atoms with van der Waals surface area (Å²) in [6.07, 6.45) is 6.47. The number of allylic oxidation sites excluding steroid dienone is 5. The molecule has 2 nitrogen and oxygen atoms in total. The molecule has 0 spiro atoms. The lowest BCUT2D eigenvalue weighted by Crippen LogP contribution is -1.97. The van der Waals surface area contributed by atoms with Crippen molar-refractivity contribution in [1.29, 1.82) is 5.26 Å². The number of rotatable bonds is 4. The Morgan fingerprint density at radius 3 is 2.75 bits per heavy atom. The molecule has 0 aromatic carbocycles. The Balaban J connectivity index is 4.53. The molecule has 0 atom stereocenters. The fourth-order valence-corrected chi connectivity index (χ4v) is 0.722. The van der Waals surface area contributed by atoms with Crippen LogP contribution >= 0.6 is 0 Å². The van der Waals surface area contributed by atoms with Gasteiger partial charge in [0.15, 0.2) is 5.78 Å². The van der Waals surface area contributed by atoms with E-state index < -0.39 is 0 Å². The summed E-state index contributed by atoms with van der Waals surface area (Å²) in [4.78, 5) is 11.1. The van der Waals surface area contributed by atoms with Crippen molar-refractivity contribution in [2.75, 3.05) is 0 Å². The molecule has 0 fully saturated rings. The van der Waals surface area contributed by atoms with Gasteiger partial charge in [0.1, 0.15) is 0 Å². The predicted octanol–water partition coefficient (Wildman–Crippen LogP) is 2.16. The fourth-order valence-electron chi connectivity index (χ4n) is 0.722. The van der Waals surface area contributed by atoms with Crippen LogP contribution in [0.1, 0.15) is 13.3 Å². The maximum absolute atomic E-state index is 11.1. The summed E-state index contributed by atoms with van der Waals surface area (Å²) >= 11 is 0. The molecule has 0 aliphatic heterocycles. The van der Waals surface area contributed by atoms with Crippen LogP contribution in [0.15, 0.2) is 36.5 Å². The molecule has 2 heteroatoms. The Morgan fingerprint density at radius 1 is 1.67 bits per heavy atom. The molecule has 0 unspecified atom stereocenters. The van der Waals surface area contributed by atoms with E-state index in [0.29, 0.717) is 5.57 Å². The molecule has 12 heavy (non-hydrogen) atoms.